The Morgan fingerprint density at radius 3 is 1.00 bits per heavy atom. The molecule has 12 N–H and O–H groups in total. The third-order valence-electron chi connectivity index (χ3n) is 26.6. The number of carbonyl (C=O) groups is 5. The van der Waals surface area contributed by atoms with E-state index in [1.807, 2.05) is 208 Å². The molecule has 13 heterocycles. The number of aromatic amines is 10. The zero-order chi connectivity index (χ0) is 106. The number of hydrogen-bond acceptors (Lipinski definition) is 24. The number of nitrogens with zero attached hydrogens (tertiary/aromatic N) is 15. The number of benzene rings is 7. The quantitative estimate of drug-likeness (QED) is 0.0187. The van der Waals surface area contributed by atoms with Crippen molar-refractivity contribution < 1.29 is 43.7 Å². The molecule has 39 nitrogen and oxygen atoms in total. The minimum absolute atomic E-state index is 0.0419. The summed E-state index contributed by atoms with van der Waals surface area (Å²) >= 11 is 27.9. The van der Waals surface area contributed by atoms with E-state index >= 15 is 0 Å². The fraction of sp³-hybridized carbons (Fsp3) is 0.283. The number of aliphatic hydroxyl groups is 2. The fourth-order valence-corrected chi connectivity index (χ4v) is 20.3. The summed E-state index contributed by atoms with van der Waals surface area (Å²) in [4.78, 5) is 159. The van der Waals surface area contributed by atoms with Crippen molar-refractivity contribution in [2.24, 2.45) is 0 Å². The zero-order valence-corrected chi connectivity index (χ0v) is 86.6. The second-order valence-electron chi connectivity index (χ2n) is 36.6. The second kappa shape index (κ2) is 47.7. The summed E-state index contributed by atoms with van der Waals surface area (Å²) in [6.45, 7) is 19.3. The lowest BCUT2D eigenvalue weighted by Crippen LogP contribution is -2.47. The number of piperidine rings is 2. The number of aromatic nitrogens is 20. The van der Waals surface area contributed by atoms with Crippen LogP contribution < -0.4 is 42.2 Å². The Balaban J connectivity index is 0.000000134. The van der Waals surface area contributed by atoms with Crippen LogP contribution in [0, 0.1) is 23.2 Å². The predicted molar refractivity (Wildman–Crippen MR) is 582 cm³/mol. The Morgan fingerprint density at radius 1 is 0.387 bits per heavy atom. The van der Waals surface area contributed by atoms with E-state index in [0.717, 1.165) is 59.2 Å². The van der Waals surface area contributed by atoms with Gasteiger partial charge in [0.15, 0.2) is 28.2 Å². The monoisotopic (exact) mass is 2120 g/mol. The van der Waals surface area contributed by atoms with E-state index in [1.165, 1.54) is 31.6 Å². The Bertz CT molecular complexity index is 8410. The Labute approximate surface area is 882 Å². The molecule has 0 bridgehead atoms. The molecular formula is C106H111N25O14S5. The van der Waals surface area contributed by atoms with E-state index < -0.39 is 47.0 Å². The van der Waals surface area contributed by atoms with Crippen molar-refractivity contribution in [1.82, 2.24) is 118 Å². The number of amides is 5. The number of nitrogens with one attached hydrogen (secondary N) is 10. The number of anilines is 1. The number of ether oxygens (including phenoxy) is 2. The molecule has 44 heteroatoms. The van der Waals surface area contributed by atoms with Crippen LogP contribution in [0.25, 0.3) is 55.2 Å². The number of hydrogen-bond donors (Lipinski definition) is 12. The van der Waals surface area contributed by atoms with Gasteiger partial charge in [-0.25, -0.2) is 24.9 Å². The van der Waals surface area contributed by atoms with Gasteiger partial charge in [-0.3, -0.25) is 98.9 Å². The van der Waals surface area contributed by atoms with Crippen LogP contribution in [-0.2, 0) is 29.6 Å². The highest BCUT2D eigenvalue weighted by Gasteiger charge is 2.41. The summed E-state index contributed by atoms with van der Waals surface area (Å²) < 4.78 is 20.5. The molecule has 0 saturated carbocycles. The summed E-state index contributed by atoms with van der Waals surface area (Å²) in [7, 11) is 1.71. The molecule has 5 unspecified atom stereocenters. The molecule has 5 atom stereocenters. The van der Waals surface area contributed by atoms with Gasteiger partial charge in [0.1, 0.15) is 105 Å². The molecule has 5 amide bonds. The van der Waals surface area contributed by atoms with Crippen molar-refractivity contribution in [1.29, 1.82) is 0 Å². The van der Waals surface area contributed by atoms with E-state index in [4.69, 9.17) is 70.6 Å². The molecule has 10 aromatic heterocycles. The van der Waals surface area contributed by atoms with Crippen LogP contribution in [-0.4, -0.2) is 236 Å². The van der Waals surface area contributed by atoms with Gasteiger partial charge in [-0.1, -0.05) is 263 Å². The molecule has 3 saturated heterocycles. The Kier molecular flexibility index (Phi) is 33.9. The third kappa shape index (κ3) is 23.3. The maximum atomic E-state index is 14.1. The van der Waals surface area contributed by atoms with Gasteiger partial charge in [-0.05, 0) is 136 Å². The minimum atomic E-state index is -0.999. The van der Waals surface area contributed by atoms with Crippen molar-refractivity contribution >= 4 is 151 Å². The van der Waals surface area contributed by atoms with Gasteiger partial charge in [-0.2, -0.15) is 0 Å². The normalized spacial score (nSPS) is 14.8. The number of fused-ring (bicyclic) bond motifs is 5. The number of para-hydroxylation sites is 1. The summed E-state index contributed by atoms with van der Waals surface area (Å²) in [5.74, 6) is 0.524. The highest BCUT2D eigenvalue weighted by molar-refractivity contribution is 7.72. The van der Waals surface area contributed by atoms with Gasteiger partial charge in [0.2, 0.25) is 17.7 Å². The molecule has 3 aliphatic rings. The first-order chi connectivity index (χ1) is 72.4. The van der Waals surface area contributed by atoms with E-state index in [1.54, 1.807) is 86.8 Å². The molecule has 0 spiro atoms. The van der Waals surface area contributed by atoms with Crippen molar-refractivity contribution in [2.75, 3.05) is 71.0 Å². The average molecular weight is 2120 g/mol. The smallest absolute Gasteiger partial charge is 0.276 e. The van der Waals surface area contributed by atoms with Gasteiger partial charge in [0, 0.05) is 64.6 Å². The van der Waals surface area contributed by atoms with Gasteiger partial charge in [-0.15, -0.1) is 0 Å². The lowest BCUT2D eigenvalue weighted by Gasteiger charge is -2.40. The van der Waals surface area contributed by atoms with Crippen molar-refractivity contribution in [3.8, 4) is 11.5 Å². The van der Waals surface area contributed by atoms with Gasteiger partial charge in [0.05, 0.1) is 42.8 Å². The van der Waals surface area contributed by atoms with Crippen molar-refractivity contribution in [3.63, 3.8) is 0 Å². The molecule has 20 rings (SSSR count). The molecule has 150 heavy (non-hydrogen) atoms. The van der Waals surface area contributed by atoms with Gasteiger partial charge < -0.3 is 67.0 Å². The van der Waals surface area contributed by atoms with Crippen LogP contribution in [0.3, 0.4) is 0 Å². The van der Waals surface area contributed by atoms with Crippen LogP contribution in [0.4, 0.5) is 5.69 Å². The molecule has 17 aromatic rings. The molecule has 0 aliphatic carbocycles. The minimum Gasteiger partial charge on any atom is -0.490 e. The highest BCUT2D eigenvalue weighted by atomic mass is 32.1. The maximum absolute atomic E-state index is 14.1. The van der Waals surface area contributed by atoms with Crippen LogP contribution in [0.15, 0.2) is 281 Å². The molecular weight excluding hydrogens is 2010 g/mol. The first-order valence-corrected chi connectivity index (χ1v) is 50.6. The number of H-pyrrole nitrogens is 10. The highest BCUT2D eigenvalue weighted by Crippen LogP contribution is 2.38. The molecule has 774 valence electrons. The van der Waals surface area contributed by atoms with E-state index in [0.29, 0.717) is 130 Å². The summed E-state index contributed by atoms with van der Waals surface area (Å²) in [6, 6.07) is 57.7. The van der Waals surface area contributed by atoms with E-state index in [2.05, 4.69) is 89.1 Å². The number of carbonyl (C=O) groups excluding carboxylic acids is 5. The largest absolute Gasteiger partial charge is 0.490 e. The van der Waals surface area contributed by atoms with Crippen LogP contribution in [0.1, 0.15) is 143 Å². The topological polar surface area (TPSA) is 493 Å². The average Bonchev–Trinajstić information content (AvgIpc) is 1.52. The predicted octanol–water partition coefficient (Wildman–Crippen LogP) is 14.2. The maximum Gasteiger partial charge on any atom is 0.276 e. The first kappa shape index (κ1) is 107. The Morgan fingerprint density at radius 2 is 0.673 bits per heavy atom. The van der Waals surface area contributed by atoms with Gasteiger partial charge >= 0.3 is 0 Å². The van der Waals surface area contributed by atoms with Crippen LogP contribution >= 0.6 is 61.1 Å². The summed E-state index contributed by atoms with van der Waals surface area (Å²) in [5, 5.41) is 48.7. The lowest BCUT2D eigenvalue weighted by atomic mass is 9.84. The van der Waals surface area contributed by atoms with Crippen molar-refractivity contribution in [2.45, 2.75) is 127 Å². The molecule has 7 aromatic carbocycles. The number of rotatable bonds is 25. The zero-order valence-electron chi connectivity index (χ0n) is 82.5. The molecule has 0 radical (unpaired) electrons. The first-order valence-electron chi connectivity index (χ1n) is 48.6. The Hall–Kier alpha value is -16.3. The summed E-state index contributed by atoms with van der Waals surface area (Å²) in [5.41, 5.74) is 3.48. The standard InChI is InChI=1S/C27H27N5O4S.C22H25N5O3S.C20H17N5O2S.C19H21N5O3S.C18H21N5O2S/c1-2-15-36-20-10-6-7-18(16-20)22(32-17-28-23-21(26(32)37)24(33)30-29-23)25(34)31-13-11-27(35,12-14-31)19-8-4-3-5-9-19;1-2-12-30-16-9-7-8-15(13-16)18(21(29)26-10-5-3-4-6-11-26)27-14-23-19-17(22(27)31)20(28)25-24-19;1-24(14-10-6-3-7-11-14)19(27)16(13-8-4-2-5-9-13)25-12-21-17-15(20(25)28)18(26)23-22-17;1-19(27)7-9-23(10-8-19)17(26)14(12-5-3-2-4-6-12)24-11-20-15-13(18(24)28)16(25)22-21-15;1-4-22(11(2)3)17(25)14(12-8-6-5-7-9-12)23-10-19-15-13(18(23)26)16(24)21-20-15/h2-10,16-17,22,35H,1,11-15H2,(H2,29,30,33);2,7-9,13-14,18H,1,3-6,10-12H2,(H2,24,25,28);2-12,16H,1H3,(H2,22,23,26);2-6,11,14,27H,7-10H2,1H3,(H2,21,22,25);5-11,14H,4H2,1-3H3,(H2,20,21,24). The second-order valence-corrected chi connectivity index (χ2v) is 38.6. The van der Waals surface area contributed by atoms with Crippen LogP contribution in [0.2, 0.25) is 0 Å². The van der Waals surface area contributed by atoms with E-state index in [-0.39, 0.29) is 108 Å². The lowest BCUT2D eigenvalue weighted by molar-refractivity contribution is -0.138. The van der Waals surface area contributed by atoms with Gasteiger partial charge in [0.25, 0.3) is 39.6 Å². The summed E-state index contributed by atoms with van der Waals surface area (Å²) in [6.07, 6.45) is 16.8. The molecule has 3 aliphatic heterocycles. The number of likely N-dealkylation sites (tertiary alicyclic amines) is 3. The van der Waals surface area contributed by atoms with Crippen LogP contribution in [0.5, 0.6) is 11.5 Å². The van der Waals surface area contributed by atoms with Crippen molar-refractivity contribution in [3.05, 3.63) is 365 Å². The van der Waals surface area contributed by atoms with E-state index in [9.17, 15) is 58.2 Å². The SMILES string of the molecule is C=CCOc1cccc(C(C(=O)N2CCC(O)(c3ccccc3)CC2)n2cnc3[nH][nH]c(=O)c3c2=S)c1.C=CCOc1cccc(C(C(=O)N2CCCCCC2)n2cnc3[nH][nH]c(=O)c3c2=S)c1.CC1(O)CCN(C(=O)C(c2ccccc2)n2cnc3[nH][nH]c(=O)c3c2=S)CC1.CCN(C(=O)C(c1ccccc1)n1cnc2[nH][nH]c(=O)c2c1=S)C(C)C.CN(C(=O)C(c1ccccc1)n1cnc2[nH][nH]c(=O)c2c1=S)c1ccccc1. The number of likely N-dealkylation sites (N-methyl/N-ethyl adjacent to an activating group) is 2. The fourth-order valence-electron chi connectivity index (χ4n) is 18.6. The third-order valence-corrected chi connectivity index (χ3v) is 28.7. The molecule has 3 fully saturated rings.